The fourth-order valence-electron chi connectivity index (χ4n) is 12.7. The van der Waals surface area contributed by atoms with E-state index in [2.05, 4.69) is 67.5 Å². The van der Waals surface area contributed by atoms with Crippen molar-refractivity contribution >= 4 is 120 Å². The Morgan fingerprint density at radius 3 is 1.69 bits per heavy atom. The maximum absolute atomic E-state index is 14.0. The maximum Gasteiger partial charge on any atom is 0.303 e. The molecule has 0 spiro atoms. The van der Waals surface area contributed by atoms with Crippen LogP contribution in [0.15, 0.2) is 83.2 Å². The Kier molecular flexibility index (Phi) is 24.0. The van der Waals surface area contributed by atoms with Gasteiger partial charge in [-0.2, -0.15) is 21.4 Å². The van der Waals surface area contributed by atoms with Crippen molar-refractivity contribution in [1.29, 1.82) is 0 Å². The number of unbranched alkanes of at least 4 members (excludes halogenated alkanes) is 4. The third-order valence-corrected chi connectivity index (χ3v) is 21.2. The second-order valence-corrected chi connectivity index (χ2v) is 30.6. The average molecular weight is 1390 g/mol. The molecule has 0 bridgehead atoms. The van der Waals surface area contributed by atoms with Gasteiger partial charge in [0.2, 0.25) is 5.69 Å². The highest BCUT2D eigenvalue weighted by molar-refractivity contribution is 7.86. The molecule has 23 nitrogen and oxygen atoms in total. The quantitative estimate of drug-likeness (QED) is 0.0112. The first-order chi connectivity index (χ1) is 44.6. The summed E-state index contributed by atoms with van der Waals surface area (Å²) in [4.78, 5) is 77.5. The number of hydrogen-bond donors (Lipinski definition) is 7. The molecule has 6 heterocycles. The van der Waals surface area contributed by atoms with Gasteiger partial charge in [-0.25, -0.2) is 18.4 Å². The van der Waals surface area contributed by atoms with Gasteiger partial charge >= 0.3 is 5.97 Å². The number of aliphatic carboxylic acids is 1. The zero-order valence-corrected chi connectivity index (χ0v) is 57.7. The highest BCUT2D eigenvalue weighted by Gasteiger charge is 2.49. The molecular formula is C66H82N8O15S5. The largest absolute Gasteiger partial charge is 0.748 e. The maximum atomic E-state index is 14.0. The van der Waals surface area contributed by atoms with Crippen LogP contribution in [0.25, 0.3) is 42.4 Å². The predicted molar refractivity (Wildman–Crippen MR) is 366 cm³/mol. The summed E-state index contributed by atoms with van der Waals surface area (Å²) in [7, 11) is -13.5. The van der Waals surface area contributed by atoms with E-state index in [0.717, 1.165) is 78.9 Å². The molecule has 4 amide bonds. The third-order valence-electron chi connectivity index (χ3n) is 17.0. The lowest BCUT2D eigenvalue weighted by molar-refractivity contribution is -0.435. The number of rotatable bonds is 34. The van der Waals surface area contributed by atoms with Crippen LogP contribution in [-0.2, 0) is 46.0 Å². The number of nitrogens with zero attached hydrogens (tertiary/aromatic N) is 4. The molecule has 6 aromatic rings. The van der Waals surface area contributed by atoms with E-state index in [1.165, 1.54) is 34.8 Å². The standard InChI is InChI=1S/C66H82N8O15S5/c1-7-11-14-26-68-62(78)51-37-42(36-50(71-51)61(77)67-10-4)46-40-48-58(45-23-32-91-60(45)46)74(30-18-34-93(84,85)86)54(65(48,5)24-8-2)19-16-20-55-66(6,25-17-33-92(81,82)83)49-41-47(59-44(22-31-90-59)57(49)73(55)29-9-3)43-38-52(63(79)69-27-15-12-13-21-56(75)76)72-53(39-43)64(80)70-28-35-94(87,88)89/h16,19-20,22-23,31-32,36-41H,7-15,17-18,21,24-30,33-35H2,1-6H3,(H7-,67,68,69,70,75,76,77,78,79,80,81,82,83,84,85,86,87,88,89). The van der Waals surface area contributed by atoms with Gasteiger partial charge in [0, 0.05) is 100.0 Å². The molecule has 0 fully saturated rings. The minimum Gasteiger partial charge on any atom is -0.748 e. The number of carboxylic acids is 1. The fourth-order valence-corrected chi connectivity index (χ4v) is 16.0. The van der Waals surface area contributed by atoms with Crippen molar-refractivity contribution in [3.05, 3.63) is 117 Å². The number of benzene rings is 2. The van der Waals surface area contributed by atoms with Crippen molar-refractivity contribution in [2.75, 3.05) is 61.4 Å². The summed E-state index contributed by atoms with van der Waals surface area (Å²) < 4.78 is 108. The summed E-state index contributed by atoms with van der Waals surface area (Å²) in [6, 6.07) is 14.4. The number of hydrogen-bond acceptors (Lipinski definition) is 17. The van der Waals surface area contributed by atoms with Crippen LogP contribution >= 0.6 is 22.7 Å². The van der Waals surface area contributed by atoms with Crippen molar-refractivity contribution in [2.45, 2.75) is 136 Å². The second-order valence-electron chi connectivity index (χ2n) is 24.1. The summed E-state index contributed by atoms with van der Waals surface area (Å²) >= 11 is 2.87. The molecule has 7 N–H and O–H groups in total. The van der Waals surface area contributed by atoms with Gasteiger partial charge < -0.3 is 35.8 Å². The molecule has 2 aliphatic heterocycles. The summed E-state index contributed by atoms with van der Waals surface area (Å²) in [5.41, 5.74) is 5.06. The molecule has 2 unspecified atom stereocenters. The Morgan fingerprint density at radius 2 is 1.16 bits per heavy atom. The Balaban J connectivity index is 1.30. The number of carboxylic acid groups (broad SMARTS) is 1. The predicted octanol–water partition coefficient (Wildman–Crippen LogP) is 10.3. The Morgan fingerprint density at radius 1 is 0.617 bits per heavy atom. The monoisotopic (exact) mass is 1390 g/mol. The van der Waals surface area contributed by atoms with Gasteiger partial charge in [0.05, 0.1) is 38.1 Å². The summed E-state index contributed by atoms with van der Waals surface area (Å²) in [5, 5.41) is 25.6. The van der Waals surface area contributed by atoms with Crippen LogP contribution in [0.1, 0.15) is 178 Å². The lowest BCUT2D eigenvalue weighted by Gasteiger charge is -2.30. The number of fused-ring (bicyclic) bond motifs is 6. The molecule has 0 saturated heterocycles. The molecule has 506 valence electrons. The zero-order chi connectivity index (χ0) is 68.3. The van der Waals surface area contributed by atoms with Crippen molar-refractivity contribution < 1.29 is 72.6 Å². The number of aromatic nitrogens is 2. The normalized spacial score (nSPS) is 16.9. The fraction of sp³-hybridized carbons (Fsp3) is 0.455. The smallest absolute Gasteiger partial charge is 0.303 e. The number of nitrogens with one attached hydrogen (secondary N) is 4. The lowest BCUT2D eigenvalue weighted by atomic mass is 9.74. The van der Waals surface area contributed by atoms with Crippen LogP contribution in [0.3, 0.4) is 0 Å². The zero-order valence-electron chi connectivity index (χ0n) is 53.6. The number of allylic oxidation sites excluding steroid dienone is 4. The molecule has 2 atom stereocenters. The number of carbonyl (C=O) groups excluding carboxylic acids is 4. The van der Waals surface area contributed by atoms with E-state index in [9.17, 15) is 62.9 Å². The third kappa shape index (κ3) is 17.2. The van der Waals surface area contributed by atoms with Crippen molar-refractivity contribution in [1.82, 2.24) is 31.2 Å². The highest BCUT2D eigenvalue weighted by atomic mass is 32.2. The molecule has 8 rings (SSSR count). The van der Waals surface area contributed by atoms with Crippen LogP contribution in [-0.4, -0.2) is 150 Å². The SMILES string of the molecule is CCCCCNC(=O)c1cc(-c2cc3c(c4ccsc24)[N+](CCCS(=O)(=O)[O-])=C(/C=C/C=C2/N(CCC)c4c(cc(-c5cc(C(=O)NCCCCCC(=O)O)nc(C(=O)NCCS(=O)(=O)O)c5)c5sccc45)C2(C)CCCS(=O)(=O)O)C3(C)CCC)cc(C(=O)NCC)n1. The van der Waals surface area contributed by atoms with Gasteiger partial charge in [-0.05, 0) is 148 Å². The van der Waals surface area contributed by atoms with E-state index >= 15 is 0 Å². The van der Waals surface area contributed by atoms with Crippen LogP contribution in [0.5, 0.6) is 0 Å². The second kappa shape index (κ2) is 31.1. The average Bonchev–Trinajstić information content (AvgIpc) is 1.55. The van der Waals surface area contributed by atoms with Crippen molar-refractivity contribution in [3.63, 3.8) is 0 Å². The Hall–Kier alpha value is -7.31. The molecular weight excluding hydrogens is 1310 g/mol. The van der Waals surface area contributed by atoms with Gasteiger partial charge in [-0.3, -0.25) is 33.1 Å². The highest BCUT2D eigenvalue weighted by Crippen LogP contribution is 2.56. The lowest BCUT2D eigenvalue weighted by Crippen LogP contribution is -2.32. The van der Waals surface area contributed by atoms with E-state index in [0.29, 0.717) is 74.8 Å². The van der Waals surface area contributed by atoms with Gasteiger partial charge in [0.15, 0.2) is 5.71 Å². The van der Waals surface area contributed by atoms with Crippen LogP contribution in [0, 0.1) is 0 Å². The van der Waals surface area contributed by atoms with E-state index in [-0.39, 0.29) is 61.5 Å². The Labute approximate surface area is 556 Å². The number of amides is 4. The van der Waals surface area contributed by atoms with Gasteiger partial charge in [-0.15, -0.1) is 22.7 Å². The molecule has 2 aromatic carbocycles. The minimum absolute atomic E-state index is 0.0132. The number of carbonyl (C=O) groups is 5. The van der Waals surface area contributed by atoms with Crippen LogP contribution in [0.2, 0.25) is 0 Å². The van der Waals surface area contributed by atoms with E-state index < -0.39 is 94.6 Å². The molecule has 94 heavy (non-hydrogen) atoms. The van der Waals surface area contributed by atoms with Crippen LogP contribution in [0.4, 0.5) is 11.4 Å². The van der Waals surface area contributed by atoms with Gasteiger partial charge in [0.1, 0.15) is 29.3 Å². The van der Waals surface area contributed by atoms with Crippen molar-refractivity contribution in [2.24, 2.45) is 0 Å². The Bertz CT molecular complexity index is 4330. The molecule has 0 aliphatic carbocycles. The first-order valence-corrected chi connectivity index (χ1v) is 38.3. The van der Waals surface area contributed by atoms with Crippen molar-refractivity contribution in [3.8, 4) is 22.3 Å². The summed E-state index contributed by atoms with van der Waals surface area (Å²) in [5.74, 6) is -5.25. The first kappa shape index (κ1) is 72.5. The minimum atomic E-state index is -4.64. The molecule has 4 aromatic heterocycles. The first-order valence-electron chi connectivity index (χ1n) is 31.7. The number of thiophene rings is 2. The van der Waals surface area contributed by atoms with Crippen LogP contribution < -0.4 is 26.2 Å². The molecule has 0 saturated carbocycles. The topological polar surface area (TPSA) is 352 Å². The van der Waals surface area contributed by atoms with Gasteiger partial charge in [0.25, 0.3) is 43.9 Å². The van der Waals surface area contributed by atoms with E-state index in [1.54, 1.807) is 19.1 Å². The van der Waals surface area contributed by atoms with Gasteiger partial charge in [-0.1, -0.05) is 52.5 Å². The summed E-state index contributed by atoms with van der Waals surface area (Å²) in [6.45, 7) is 13.1. The molecule has 0 radical (unpaired) electrons. The number of anilines is 1. The molecule has 28 heteroatoms. The molecule has 2 aliphatic rings. The summed E-state index contributed by atoms with van der Waals surface area (Å²) in [6.07, 6.45) is 12.0. The van der Waals surface area contributed by atoms with E-state index in [4.69, 9.17) is 5.11 Å². The van der Waals surface area contributed by atoms with E-state index in [1.807, 2.05) is 61.0 Å². The number of pyridine rings is 2.